The molecule has 2 aromatic carbocycles. The Morgan fingerprint density at radius 3 is 2.32 bits per heavy atom. The number of hydrogen-bond acceptors (Lipinski definition) is 2. The lowest BCUT2D eigenvalue weighted by molar-refractivity contribution is 0.338. The molecule has 2 nitrogen and oxygen atoms in total. The molecule has 2 rings (SSSR count). The van der Waals surface area contributed by atoms with Crippen LogP contribution in [0.25, 0.3) is 0 Å². The van der Waals surface area contributed by atoms with Crippen LogP contribution in [-0.4, -0.2) is 17.1 Å². The van der Waals surface area contributed by atoms with Crippen molar-refractivity contribution >= 4 is 11.1 Å². The van der Waals surface area contributed by atoms with Crippen LogP contribution in [0, 0.1) is 6.92 Å². The Morgan fingerprint density at radius 1 is 0.955 bits per heavy atom. The van der Waals surface area contributed by atoms with E-state index in [-0.39, 0.29) is 0 Å². The van der Waals surface area contributed by atoms with Crippen LogP contribution in [0.4, 0.5) is 0 Å². The summed E-state index contributed by atoms with van der Waals surface area (Å²) in [6, 6.07) is 17.4. The molecule has 0 bridgehead atoms. The molecule has 0 saturated carbocycles. The van der Waals surface area contributed by atoms with Crippen LogP contribution in [0.15, 0.2) is 48.5 Å². The summed E-state index contributed by atoms with van der Waals surface area (Å²) in [5.74, 6) is 0. The summed E-state index contributed by atoms with van der Waals surface area (Å²) in [7, 11) is 0. The minimum Gasteiger partial charge on any atom is -0.291 e. The first-order valence-corrected chi connectivity index (χ1v) is 9.22. The average Bonchev–Trinajstić information content (AvgIpc) is 2.50. The molecule has 0 saturated heterocycles. The van der Waals surface area contributed by atoms with E-state index in [1.807, 2.05) is 0 Å². The van der Waals surface area contributed by atoms with Gasteiger partial charge in [-0.05, 0) is 54.9 Å². The molecule has 0 aliphatic heterocycles. The molecule has 0 fully saturated rings. The highest BCUT2D eigenvalue weighted by molar-refractivity contribution is 7.79. The van der Waals surface area contributed by atoms with Crippen molar-refractivity contribution in [3.63, 3.8) is 0 Å². The molecule has 0 spiro atoms. The van der Waals surface area contributed by atoms with Gasteiger partial charge in [-0.25, -0.2) is 4.21 Å². The van der Waals surface area contributed by atoms with Crippen LogP contribution >= 0.6 is 0 Å². The SMILES string of the molecule is Cc1ccccc1Cc1ccc(CCCCOS(C)=O)cc1. The zero-order valence-corrected chi connectivity index (χ0v) is 14.2. The molecular formula is C19H24O2S. The van der Waals surface area contributed by atoms with Crippen LogP contribution < -0.4 is 0 Å². The first-order valence-electron chi connectivity index (χ1n) is 7.74. The molecule has 0 N–H and O–H groups in total. The smallest absolute Gasteiger partial charge is 0.152 e. The summed E-state index contributed by atoms with van der Waals surface area (Å²) >= 11 is -1.14. The second-order valence-electron chi connectivity index (χ2n) is 5.60. The van der Waals surface area contributed by atoms with Crippen LogP contribution in [-0.2, 0) is 28.1 Å². The van der Waals surface area contributed by atoms with Gasteiger partial charge in [0.25, 0.3) is 0 Å². The van der Waals surface area contributed by atoms with Crippen molar-refractivity contribution in [2.24, 2.45) is 0 Å². The standard InChI is InChI=1S/C19H24O2S/c1-16-7-3-4-9-19(16)15-18-12-10-17(11-13-18)8-5-6-14-21-22(2)20/h3-4,7,9-13H,5-6,8,14-15H2,1-2H3. The van der Waals surface area contributed by atoms with Crippen molar-refractivity contribution in [1.82, 2.24) is 0 Å². The van der Waals surface area contributed by atoms with Crippen molar-refractivity contribution in [2.75, 3.05) is 12.9 Å². The van der Waals surface area contributed by atoms with Crippen molar-refractivity contribution in [3.05, 3.63) is 70.8 Å². The molecule has 0 heterocycles. The lowest BCUT2D eigenvalue weighted by Crippen LogP contribution is -1.97. The van der Waals surface area contributed by atoms with Crippen molar-refractivity contribution in [1.29, 1.82) is 0 Å². The third kappa shape index (κ3) is 5.74. The van der Waals surface area contributed by atoms with E-state index in [1.54, 1.807) is 6.26 Å². The molecule has 1 atom stereocenters. The van der Waals surface area contributed by atoms with Crippen LogP contribution in [0.1, 0.15) is 35.1 Å². The average molecular weight is 316 g/mol. The lowest BCUT2D eigenvalue weighted by atomic mass is 9.99. The van der Waals surface area contributed by atoms with Gasteiger partial charge in [0, 0.05) is 6.26 Å². The number of hydrogen-bond donors (Lipinski definition) is 0. The fourth-order valence-corrected chi connectivity index (χ4v) is 2.81. The Morgan fingerprint density at radius 2 is 1.64 bits per heavy atom. The Balaban J connectivity index is 1.80. The van der Waals surface area contributed by atoms with Gasteiger partial charge in [-0.2, -0.15) is 0 Å². The molecule has 3 heteroatoms. The van der Waals surface area contributed by atoms with Gasteiger partial charge in [-0.1, -0.05) is 48.5 Å². The highest BCUT2D eigenvalue weighted by atomic mass is 32.2. The van der Waals surface area contributed by atoms with Gasteiger partial charge in [-0.15, -0.1) is 0 Å². The van der Waals surface area contributed by atoms with Crippen LogP contribution in [0.3, 0.4) is 0 Å². The van der Waals surface area contributed by atoms with E-state index < -0.39 is 11.1 Å². The molecule has 22 heavy (non-hydrogen) atoms. The van der Waals surface area contributed by atoms with E-state index >= 15 is 0 Å². The minimum absolute atomic E-state index is 0.578. The molecule has 0 aliphatic carbocycles. The largest absolute Gasteiger partial charge is 0.291 e. The van der Waals surface area contributed by atoms with Gasteiger partial charge < -0.3 is 0 Å². The Bertz CT molecular complexity index is 605. The topological polar surface area (TPSA) is 26.3 Å². The third-order valence-electron chi connectivity index (χ3n) is 3.79. The molecule has 0 aromatic heterocycles. The summed E-state index contributed by atoms with van der Waals surface area (Å²) in [4.78, 5) is 0. The maximum atomic E-state index is 10.8. The van der Waals surface area contributed by atoms with Crippen LogP contribution in [0.2, 0.25) is 0 Å². The minimum atomic E-state index is -1.14. The number of rotatable bonds is 8. The fraction of sp³-hybridized carbons (Fsp3) is 0.368. The molecule has 118 valence electrons. The summed E-state index contributed by atoms with van der Waals surface area (Å²) in [6.07, 6.45) is 5.61. The van der Waals surface area contributed by atoms with Gasteiger partial charge in [0.05, 0.1) is 6.61 Å². The Kier molecular flexibility index (Phi) is 6.81. The van der Waals surface area contributed by atoms with E-state index in [0.717, 1.165) is 25.7 Å². The van der Waals surface area contributed by atoms with Gasteiger partial charge >= 0.3 is 0 Å². The van der Waals surface area contributed by atoms with Crippen LogP contribution in [0.5, 0.6) is 0 Å². The second kappa shape index (κ2) is 8.86. The van der Waals surface area contributed by atoms with Gasteiger partial charge in [-0.3, -0.25) is 4.18 Å². The van der Waals surface area contributed by atoms with E-state index in [1.165, 1.54) is 22.3 Å². The molecule has 0 amide bonds. The van der Waals surface area contributed by atoms with Crippen molar-refractivity contribution < 1.29 is 8.39 Å². The van der Waals surface area contributed by atoms with E-state index in [0.29, 0.717) is 6.61 Å². The highest BCUT2D eigenvalue weighted by Gasteiger charge is 2.00. The molecule has 1 unspecified atom stereocenters. The Hall–Kier alpha value is -1.45. The zero-order chi connectivity index (χ0) is 15.8. The van der Waals surface area contributed by atoms with Crippen molar-refractivity contribution in [3.8, 4) is 0 Å². The summed E-state index contributed by atoms with van der Waals surface area (Å²) in [5, 5.41) is 0. The molecular weight excluding hydrogens is 292 g/mol. The molecule has 2 aromatic rings. The molecule has 0 radical (unpaired) electrons. The van der Waals surface area contributed by atoms with Crippen molar-refractivity contribution in [2.45, 2.75) is 32.6 Å². The second-order valence-corrected chi connectivity index (χ2v) is 6.64. The maximum absolute atomic E-state index is 10.8. The first-order chi connectivity index (χ1) is 10.6. The summed E-state index contributed by atoms with van der Waals surface area (Å²) < 4.78 is 15.8. The molecule has 0 aliphatic rings. The predicted molar refractivity (Wildman–Crippen MR) is 93.4 cm³/mol. The monoisotopic (exact) mass is 316 g/mol. The number of benzene rings is 2. The highest BCUT2D eigenvalue weighted by Crippen LogP contribution is 2.15. The third-order valence-corrected chi connectivity index (χ3v) is 4.29. The lowest BCUT2D eigenvalue weighted by Gasteiger charge is -2.07. The maximum Gasteiger partial charge on any atom is 0.152 e. The summed E-state index contributed by atoms with van der Waals surface area (Å²) in [5.41, 5.74) is 5.44. The van der Waals surface area contributed by atoms with Gasteiger partial charge in [0.2, 0.25) is 0 Å². The van der Waals surface area contributed by atoms with Gasteiger partial charge in [0.1, 0.15) is 0 Å². The van der Waals surface area contributed by atoms with E-state index in [9.17, 15) is 4.21 Å². The fourth-order valence-electron chi connectivity index (χ4n) is 2.46. The Labute approximate surface area is 136 Å². The quantitative estimate of drug-likeness (QED) is 0.682. The van der Waals surface area contributed by atoms with E-state index in [2.05, 4.69) is 55.5 Å². The predicted octanol–water partition coefficient (Wildman–Crippen LogP) is 4.22. The zero-order valence-electron chi connectivity index (χ0n) is 13.4. The van der Waals surface area contributed by atoms with Gasteiger partial charge in [0.15, 0.2) is 11.1 Å². The normalized spacial score (nSPS) is 12.3. The number of aryl methyl sites for hydroxylation is 2. The number of unbranched alkanes of at least 4 members (excludes halogenated alkanes) is 1. The van der Waals surface area contributed by atoms with E-state index in [4.69, 9.17) is 4.18 Å². The first kappa shape index (κ1) is 16.9. The summed E-state index contributed by atoms with van der Waals surface area (Å²) in [6.45, 7) is 2.74.